The second-order valence-electron chi connectivity index (χ2n) is 14.6. The number of rotatable bonds is 6. The van der Waals surface area contributed by atoms with E-state index in [-0.39, 0.29) is 0 Å². The number of hydrogen-bond acceptors (Lipinski definition) is 4. The Labute approximate surface area is 330 Å². The second kappa shape index (κ2) is 13.6. The van der Waals surface area contributed by atoms with E-state index in [1.807, 2.05) is 36.7 Å². The number of fused-ring (bicyclic) bond motifs is 6. The molecule has 0 unspecified atom stereocenters. The molecular formula is C53H34N4. The van der Waals surface area contributed by atoms with Crippen LogP contribution in [0.3, 0.4) is 0 Å². The Morgan fingerprint density at radius 1 is 0.351 bits per heavy atom. The highest BCUT2D eigenvalue weighted by Crippen LogP contribution is 2.44. The van der Waals surface area contributed by atoms with Gasteiger partial charge in [0.15, 0.2) is 5.82 Å². The molecule has 0 aliphatic heterocycles. The molecule has 0 fully saturated rings. The molecule has 0 saturated carbocycles. The van der Waals surface area contributed by atoms with Gasteiger partial charge in [-0.25, -0.2) is 9.97 Å². The number of nitrogens with zero attached hydrogens (tertiary/aromatic N) is 4. The summed E-state index contributed by atoms with van der Waals surface area (Å²) in [5.41, 5.74) is 16.1. The van der Waals surface area contributed by atoms with Crippen molar-refractivity contribution >= 4 is 21.5 Å². The Morgan fingerprint density at radius 3 is 1.88 bits per heavy atom. The summed E-state index contributed by atoms with van der Waals surface area (Å²) in [6, 6.07) is 64.4. The fraction of sp³-hybridized carbons (Fsp3) is 0.0189. The van der Waals surface area contributed by atoms with Crippen molar-refractivity contribution in [1.29, 1.82) is 0 Å². The van der Waals surface area contributed by atoms with E-state index in [0.717, 1.165) is 62.6 Å². The lowest BCUT2D eigenvalue weighted by Crippen LogP contribution is -1.97. The normalized spacial score (nSPS) is 11.8. The molecule has 10 aromatic rings. The van der Waals surface area contributed by atoms with Gasteiger partial charge in [0, 0.05) is 46.6 Å². The van der Waals surface area contributed by atoms with Gasteiger partial charge in [-0.2, -0.15) is 0 Å². The fourth-order valence-corrected chi connectivity index (χ4v) is 8.48. The molecule has 266 valence electrons. The lowest BCUT2D eigenvalue weighted by atomic mass is 9.89. The molecule has 1 aliphatic carbocycles. The van der Waals surface area contributed by atoms with Gasteiger partial charge >= 0.3 is 0 Å². The zero-order chi connectivity index (χ0) is 37.7. The number of benzene rings is 7. The van der Waals surface area contributed by atoms with E-state index in [4.69, 9.17) is 15.0 Å². The van der Waals surface area contributed by atoms with Gasteiger partial charge in [-0.3, -0.25) is 9.97 Å². The van der Waals surface area contributed by atoms with E-state index < -0.39 is 0 Å². The lowest BCUT2D eigenvalue weighted by molar-refractivity contribution is 1.18. The van der Waals surface area contributed by atoms with Gasteiger partial charge in [-0.15, -0.1) is 0 Å². The summed E-state index contributed by atoms with van der Waals surface area (Å²) < 4.78 is 0. The van der Waals surface area contributed by atoms with E-state index in [0.29, 0.717) is 5.82 Å². The molecule has 57 heavy (non-hydrogen) atoms. The van der Waals surface area contributed by atoms with Crippen LogP contribution in [0.5, 0.6) is 0 Å². The summed E-state index contributed by atoms with van der Waals surface area (Å²) in [5.74, 6) is 0.660. The standard InChI is InChI=1S/C53H34N4/c1-2-13-34(14-3-1)50-33-51(57-53(56-50)38-18-12-17-37(27-38)49-23-10-11-25-54-49)41-29-39(43-24-26-55-52-44-20-7-5-16-36(44)32-48(43)52)28-40(30-41)47-31-35-15-4-6-19-42(35)45-21-8-9-22-46(45)47/h1-31,33H,32H2. The van der Waals surface area contributed by atoms with E-state index in [1.54, 1.807) is 0 Å². The van der Waals surface area contributed by atoms with Gasteiger partial charge in [0.25, 0.3) is 0 Å². The van der Waals surface area contributed by atoms with Crippen molar-refractivity contribution in [2.75, 3.05) is 0 Å². The van der Waals surface area contributed by atoms with Gasteiger partial charge in [-0.1, -0.05) is 127 Å². The van der Waals surface area contributed by atoms with Crippen molar-refractivity contribution in [2.24, 2.45) is 0 Å². The molecule has 7 aromatic carbocycles. The van der Waals surface area contributed by atoms with Crippen molar-refractivity contribution in [3.05, 3.63) is 206 Å². The van der Waals surface area contributed by atoms with E-state index in [9.17, 15) is 0 Å². The van der Waals surface area contributed by atoms with Gasteiger partial charge in [0.05, 0.1) is 22.8 Å². The van der Waals surface area contributed by atoms with Crippen molar-refractivity contribution in [2.45, 2.75) is 6.42 Å². The van der Waals surface area contributed by atoms with Crippen LogP contribution in [0.1, 0.15) is 11.1 Å². The van der Waals surface area contributed by atoms with E-state index >= 15 is 0 Å². The summed E-state index contributed by atoms with van der Waals surface area (Å²) in [6.07, 6.45) is 4.63. The van der Waals surface area contributed by atoms with Crippen LogP contribution < -0.4 is 0 Å². The third kappa shape index (κ3) is 5.87. The molecule has 0 atom stereocenters. The summed E-state index contributed by atoms with van der Waals surface area (Å²) in [5, 5.41) is 4.91. The smallest absolute Gasteiger partial charge is 0.160 e. The van der Waals surface area contributed by atoms with Crippen LogP contribution >= 0.6 is 0 Å². The highest BCUT2D eigenvalue weighted by molar-refractivity contribution is 6.14. The SMILES string of the molecule is c1ccc(-c2cc(-c3cc(-c4ccnc5c4Cc4ccccc4-5)cc(-c4cc5ccccc5c5ccccc45)c3)nc(-c3cccc(-c4ccccn4)c3)n2)cc1. The largest absolute Gasteiger partial charge is 0.256 e. The van der Waals surface area contributed by atoms with Crippen LogP contribution in [0.25, 0.3) is 100 Å². The van der Waals surface area contributed by atoms with Crippen LogP contribution in [0.4, 0.5) is 0 Å². The van der Waals surface area contributed by atoms with Crippen LogP contribution in [-0.4, -0.2) is 19.9 Å². The Balaban J connectivity index is 1.17. The first kappa shape index (κ1) is 32.8. The summed E-state index contributed by atoms with van der Waals surface area (Å²) >= 11 is 0. The minimum atomic E-state index is 0.660. The first-order valence-corrected chi connectivity index (χ1v) is 19.3. The summed E-state index contributed by atoms with van der Waals surface area (Å²) in [4.78, 5) is 20.1. The topological polar surface area (TPSA) is 51.6 Å². The summed E-state index contributed by atoms with van der Waals surface area (Å²) in [7, 11) is 0. The number of hydrogen-bond donors (Lipinski definition) is 0. The first-order valence-electron chi connectivity index (χ1n) is 19.3. The molecule has 0 spiro atoms. The number of aromatic nitrogens is 4. The molecule has 0 N–H and O–H groups in total. The van der Waals surface area contributed by atoms with Crippen LogP contribution in [-0.2, 0) is 6.42 Å². The molecule has 1 aliphatic rings. The van der Waals surface area contributed by atoms with E-state index in [2.05, 4.69) is 163 Å². The van der Waals surface area contributed by atoms with Gasteiger partial charge in [-0.05, 0) is 110 Å². The number of pyridine rings is 2. The maximum Gasteiger partial charge on any atom is 0.160 e. The Morgan fingerprint density at radius 2 is 1.02 bits per heavy atom. The van der Waals surface area contributed by atoms with Crippen LogP contribution in [0, 0.1) is 0 Å². The molecule has 3 heterocycles. The first-order chi connectivity index (χ1) is 28.2. The quantitative estimate of drug-likeness (QED) is 0.160. The molecule has 0 radical (unpaired) electrons. The molecular weight excluding hydrogens is 693 g/mol. The maximum absolute atomic E-state index is 5.38. The summed E-state index contributed by atoms with van der Waals surface area (Å²) in [6.45, 7) is 0. The second-order valence-corrected chi connectivity index (χ2v) is 14.6. The molecule has 3 aromatic heterocycles. The zero-order valence-electron chi connectivity index (χ0n) is 31.0. The van der Waals surface area contributed by atoms with Crippen molar-refractivity contribution in [3.8, 4) is 78.7 Å². The molecule has 4 nitrogen and oxygen atoms in total. The van der Waals surface area contributed by atoms with Gasteiger partial charge in [0.1, 0.15) is 0 Å². The predicted molar refractivity (Wildman–Crippen MR) is 233 cm³/mol. The third-order valence-corrected chi connectivity index (χ3v) is 11.2. The van der Waals surface area contributed by atoms with Crippen LogP contribution in [0.15, 0.2) is 194 Å². The Hall–Kier alpha value is -7.56. The van der Waals surface area contributed by atoms with E-state index in [1.165, 1.54) is 49.4 Å². The van der Waals surface area contributed by atoms with Crippen molar-refractivity contribution in [3.63, 3.8) is 0 Å². The molecule has 11 rings (SSSR count). The fourth-order valence-electron chi connectivity index (χ4n) is 8.48. The lowest BCUT2D eigenvalue weighted by Gasteiger charge is -2.16. The molecule has 0 saturated heterocycles. The highest BCUT2D eigenvalue weighted by atomic mass is 14.9. The molecule has 4 heteroatoms. The van der Waals surface area contributed by atoms with Gasteiger partial charge in [0.2, 0.25) is 0 Å². The van der Waals surface area contributed by atoms with Gasteiger partial charge < -0.3 is 0 Å². The molecule has 0 bridgehead atoms. The average molecular weight is 727 g/mol. The average Bonchev–Trinajstić information content (AvgIpc) is 3.68. The minimum Gasteiger partial charge on any atom is -0.256 e. The molecule has 0 amide bonds. The monoisotopic (exact) mass is 726 g/mol. The van der Waals surface area contributed by atoms with Crippen molar-refractivity contribution in [1.82, 2.24) is 19.9 Å². The Bertz CT molecular complexity index is 3150. The minimum absolute atomic E-state index is 0.660. The van der Waals surface area contributed by atoms with Crippen molar-refractivity contribution < 1.29 is 0 Å². The predicted octanol–water partition coefficient (Wildman–Crippen LogP) is 13.1. The third-order valence-electron chi connectivity index (χ3n) is 11.2. The highest BCUT2D eigenvalue weighted by Gasteiger charge is 2.24. The van der Waals surface area contributed by atoms with Crippen LogP contribution in [0.2, 0.25) is 0 Å². The maximum atomic E-state index is 5.38. The Kier molecular flexibility index (Phi) is 7.85. The zero-order valence-corrected chi connectivity index (χ0v) is 31.0.